The molecule has 3 heteroatoms. The van der Waals surface area contributed by atoms with Crippen molar-refractivity contribution < 1.29 is 0 Å². The van der Waals surface area contributed by atoms with Gasteiger partial charge < -0.3 is 0 Å². The van der Waals surface area contributed by atoms with Crippen LogP contribution in [-0.4, -0.2) is 9.78 Å². The van der Waals surface area contributed by atoms with E-state index < -0.39 is 0 Å². The van der Waals surface area contributed by atoms with Crippen LogP contribution in [0.3, 0.4) is 0 Å². The fraction of sp³-hybridized carbons (Fsp3) is 0.438. The van der Waals surface area contributed by atoms with Gasteiger partial charge in [-0.3, -0.25) is 14.6 Å². The highest BCUT2D eigenvalue weighted by atomic mass is 16.1. The van der Waals surface area contributed by atoms with Gasteiger partial charge in [0.15, 0.2) is 0 Å². The first-order chi connectivity index (χ1) is 9.13. The molecule has 0 saturated heterocycles. The van der Waals surface area contributed by atoms with Crippen molar-refractivity contribution >= 4 is 0 Å². The van der Waals surface area contributed by atoms with Gasteiger partial charge in [0.1, 0.15) is 0 Å². The van der Waals surface area contributed by atoms with Crippen molar-refractivity contribution in [2.75, 3.05) is 0 Å². The molecule has 1 heterocycles. The van der Waals surface area contributed by atoms with Crippen LogP contribution < -0.4 is 5.56 Å². The van der Waals surface area contributed by atoms with Gasteiger partial charge >= 0.3 is 0 Å². The van der Waals surface area contributed by atoms with Crippen molar-refractivity contribution in [3.8, 4) is 11.1 Å². The Morgan fingerprint density at radius 3 is 2.47 bits per heavy atom. The van der Waals surface area contributed by atoms with Crippen LogP contribution in [-0.2, 0) is 13.0 Å². The van der Waals surface area contributed by atoms with Crippen molar-refractivity contribution in [1.82, 2.24) is 9.78 Å². The molecule has 102 valence electrons. The smallest absolute Gasteiger partial charge is 0.274 e. The third-order valence-electron chi connectivity index (χ3n) is 3.15. The molecule has 0 atom stereocenters. The van der Waals surface area contributed by atoms with Crippen LogP contribution in [0.1, 0.15) is 32.9 Å². The van der Waals surface area contributed by atoms with E-state index in [9.17, 15) is 4.79 Å². The second-order valence-corrected chi connectivity index (χ2v) is 5.39. The Kier molecular flexibility index (Phi) is 4.25. The minimum Gasteiger partial charge on any atom is -0.299 e. The molecule has 0 aliphatic carbocycles. The summed E-state index contributed by atoms with van der Waals surface area (Å²) >= 11 is 0. The van der Waals surface area contributed by atoms with Crippen LogP contribution in [0.25, 0.3) is 11.1 Å². The molecule has 2 aromatic rings. The maximum atomic E-state index is 12.5. The van der Waals surface area contributed by atoms with Crippen LogP contribution >= 0.6 is 0 Å². The summed E-state index contributed by atoms with van der Waals surface area (Å²) in [5.74, 6) is 0.524. The van der Waals surface area contributed by atoms with Crippen molar-refractivity contribution in [2.45, 2.75) is 40.2 Å². The number of aryl methyl sites for hydroxylation is 1. The summed E-state index contributed by atoms with van der Waals surface area (Å²) in [4.78, 5) is 12.5. The van der Waals surface area contributed by atoms with E-state index in [1.54, 1.807) is 4.68 Å². The molecule has 0 bridgehead atoms. The van der Waals surface area contributed by atoms with Crippen LogP contribution in [0.5, 0.6) is 0 Å². The Balaban J connectivity index is 2.53. The highest BCUT2D eigenvalue weighted by Gasteiger charge is 2.16. The maximum Gasteiger partial charge on any atom is 0.274 e. The molecule has 1 aromatic carbocycles. The number of H-pyrrole nitrogens is 1. The predicted octanol–water partition coefficient (Wildman–Crippen LogP) is 3.45. The van der Waals surface area contributed by atoms with E-state index in [4.69, 9.17) is 0 Å². The van der Waals surface area contributed by atoms with Gasteiger partial charge in [-0.15, -0.1) is 0 Å². The lowest BCUT2D eigenvalue weighted by molar-refractivity contribution is 0.562. The van der Waals surface area contributed by atoms with E-state index in [1.165, 1.54) is 0 Å². The Morgan fingerprint density at radius 1 is 1.21 bits per heavy atom. The molecule has 2 rings (SSSR count). The molecule has 19 heavy (non-hydrogen) atoms. The second kappa shape index (κ2) is 5.91. The van der Waals surface area contributed by atoms with Crippen molar-refractivity contribution in [3.63, 3.8) is 0 Å². The third-order valence-corrected chi connectivity index (χ3v) is 3.15. The topological polar surface area (TPSA) is 37.8 Å². The Hall–Kier alpha value is -1.77. The monoisotopic (exact) mass is 258 g/mol. The zero-order valence-corrected chi connectivity index (χ0v) is 11.9. The molecule has 0 unspecified atom stereocenters. The molecule has 3 nitrogen and oxygen atoms in total. The standard InChI is InChI=1S/C16H22N2O/c1-4-10-18-16(19)15(13-8-6-5-7-9-13)14(17-18)11-12(2)3/h5-9,12,17H,4,10-11H2,1-3H3. The molecule has 0 fully saturated rings. The van der Waals surface area contributed by atoms with Crippen LogP contribution in [0.2, 0.25) is 0 Å². The van der Waals surface area contributed by atoms with E-state index in [0.29, 0.717) is 5.92 Å². The van der Waals surface area contributed by atoms with Gasteiger partial charge in [-0.05, 0) is 24.3 Å². The predicted molar refractivity (Wildman–Crippen MR) is 79.3 cm³/mol. The van der Waals surface area contributed by atoms with Crippen LogP contribution in [0, 0.1) is 5.92 Å². The lowest BCUT2D eigenvalue weighted by Gasteiger charge is -2.05. The molecule has 0 aliphatic heterocycles. The van der Waals surface area contributed by atoms with Crippen molar-refractivity contribution in [1.29, 1.82) is 0 Å². The summed E-state index contributed by atoms with van der Waals surface area (Å²) in [6.07, 6.45) is 1.85. The highest BCUT2D eigenvalue weighted by Crippen LogP contribution is 2.21. The third kappa shape index (κ3) is 2.98. The van der Waals surface area contributed by atoms with E-state index in [2.05, 4.69) is 25.9 Å². The number of aromatic amines is 1. The molecule has 1 aromatic heterocycles. The van der Waals surface area contributed by atoms with E-state index >= 15 is 0 Å². The van der Waals surface area contributed by atoms with Crippen LogP contribution in [0.4, 0.5) is 0 Å². The van der Waals surface area contributed by atoms with Gasteiger partial charge in [-0.25, -0.2) is 0 Å². The maximum absolute atomic E-state index is 12.5. The Labute approximate surface area is 114 Å². The van der Waals surface area contributed by atoms with Crippen molar-refractivity contribution in [3.05, 3.63) is 46.4 Å². The second-order valence-electron chi connectivity index (χ2n) is 5.39. The Morgan fingerprint density at radius 2 is 1.89 bits per heavy atom. The fourth-order valence-electron chi connectivity index (χ4n) is 2.37. The number of hydrogen-bond acceptors (Lipinski definition) is 1. The first-order valence-corrected chi connectivity index (χ1v) is 7.00. The zero-order valence-electron chi connectivity index (χ0n) is 11.9. The number of rotatable bonds is 5. The molecule has 0 spiro atoms. The summed E-state index contributed by atoms with van der Waals surface area (Å²) in [6.45, 7) is 7.17. The molecule has 0 saturated carbocycles. The van der Waals surface area contributed by atoms with Gasteiger partial charge in [0.2, 0.25) is 0 Å². The number of hydrogen-bond donors (Lipinski definition) is 1. The average Bonchev–Trinajstić information content (AvgIpc) is 2.67. The minimum atomic E-state index is 0.101. The van der Waals surface area contributed by atoms with Gasteiger partial charge in [0.25, 0.3) is 5.56 Å². The van der Waals surface area contributed by atoms with E-state index in [-0.39, 0.29) is 5.56 Å². The Bertz CT molecular complexity index is 579. The van der Waals surface area contributed by atoms with Crippen LogP contribution in [0.15, 0.2) is 35.1 Å². The highest BCUT2D eigenvalue weighted by molar-refractivity contribution is 5.65. The van der Waals surface area contributed by atoms with Crippen molar-refractivity contribution in [2.24, 2.45) is 5.92 Å². The summed E-state index contributed by atoms with van der Waals surface area (Å²) in [6, 6.07) is 9.94. The van der Waals surface area contributed by atoms with Gasteiger partial charge in [0.05, 0.1) is 5.56 Å². The summed E-state index contributed by atoms with van der Waals surface area (Å²) in [7, 11) is 0. The zero-order chi connectivity index (χ0) is 13.8. The van der Waals surface area contributed by atoms with Gasteiger partial charge in [-0.2, -0.15) is 0 Å². The number of benzene rings is 1. The average molecular weight is 258 g/mol. The SMILES string of the molecule is CCCn1[nH]c(CC(C)C)c(-c2ccccc2)c1=O. The summed E-state index contributed by atoms with van der Waals surface area (Å²) in [5, 5.41) is 3.28. The number of nitrogens with one attached hydrogen (secondary N) is 1. The lowest BCUT2D eigenvalue weighted by atomic mass is 10.0. The lowest BCUT2D eigenvalue weighted by Crippen LogP contribution is -2.17. The summed E-state index contributed by atoms with van der Waals surface area (Å²) in [5.41, 5.74) is 3.00. The first kappa shape index (κ1) is 13.7. The molecule has 0 amide bonds. The van der Waals surface area contributed by atoms with E-state index in [1.807, 2.05) is 30.3 Å². The van der Waals surface area contributed by atoms with Gasteiger partial charge in [-0.1, -0.05) is 51.1 Å². The molecule has 0 radical (unpaired) electrons. The van der Waals surface area contributed by atoms with E-state index in [0.717, 1.165) is 36.2 Å². The number of nitrogens with zero attached hydrogens (tertiary/aromatic N) is 1. The first-order valence-electron chi connectivity index (χ1n) is 7.00. The molecule has 0 aliphatic rings. The normalized spacial score (nSPS) is 11.2. The molecular weight excluding hydrogens is 236 g/mol. The molecular formula is C16H22N2O. The molecule has 1 N–H and O–H groups in total. The van der Waals surface area contributed by atoms with Gasteiger partial charge in [0, 0.05) is 12.2 Å². The minimum absolute atomic E-state index is 0.101. The fourth-order valence-corrected chi connectivity index (χ4v) is 2.37. The summed E-state index contributed by atoms with van der Waals surface area (Å²) < 4.78 is 1.74. The number of aromatic nitrogens is 2. The quantitative estimate of drug-likeness (QED) is 0.876. The largest absolute Gasteiger partial charge is 0.299 e.